The minimum Gasteiger partial charge on any atom is -0.469 e. The van der Waals surface area contributed by atoms with Gasteiger partial charge in [-0.1, -0.05) is 12.2 Å². The summed E-state index contributed by atoms with van der Waals surface area (Å²) in [4.78, 5) is 14.2. The van der Waals surface area contributed by atoms with E-state index >= 15 is 0 Å². The Morgan fingerprint density at radius 1 is 1.55 bits per heavy atom. The minimum absolute atomic E-state index is 0.108. The average molecular weight is 296 g/mol. The predicted molar refractivity (Wildman–Crippen MR) is 80.8 cm³/mol. The van der Waals surface area contributed by atoms with E-state index < -0.39 is 0 Å². The first-order chi connectivity index (χ1) is 9.45. The zero-order chi connectivity index (χ0) is 14.9. The Morgan fingerprint density at radius 2 is 2.25 bits per heavy atom. The lowest BCUT2D eigenvalue weighted by molar-refractivity contribution is -0.145. The Balaban J connectivity index is 2.32. The molecule has 0 spiro atoms. The summed E-state index contributed by atoms with van der Waals surface area (Å²) >= 11 is 5.13. The fourth-order valence-electron chi connectivity index (χ4n) is 2.83. The van der Waals surface area contributed by atoms with Crippen LogP contribution in [0.3, 0.4) is 0 Å². The molecule has 1 aliphatic rings. The highest BCUT2D eigenvalue weighted by atomic mass is 32.1. The summed E-state index contributed by atoms with van der Waals surface area (Å²) in [5.74, 6) is 0.622. The fourth-order valence-corrected chi connectivity index (χ4v) is 3.06. The van der Waals surface area contributed by atoms with Crippen LogP contribution < -0.4 is 10.6 Å². The molecule has 7 heteroatoms. The van der Waals surface area contributed by atoms with Gasteiger partial charge in [-0.3, -0.25) is 9.48 Å². The lowest BCUT2D eigenvalue weighted by Crippen LogP contribution is -2.40. The molecule has 1 fully saturated rings. The second-order valence-electron chi connectivity index (χ2n) is 5.08. The Hall–Kier alpha value is -1.63. The van der Waals surface area contributed by atoms with Gasteiger partial charge in [-0.15, -0.1) is 0 Å². The number of esters is 1. The van der Waals surface area contributed by atoms with Crippen LogP contribution in [-0.2, 0) is 16.6 Å². The summed E-state index contributed by atoms with van der Waals surface area (Å²) in [5, 5.41) is 4.39. The molecular weight excluding hydrogens is 276 g/mol. The molecule has 2 heterocycles. The van der Waals surface area contributed by atoms with Crippen molar-refractivity contribution in [2.45, 2.75) is 19.8 Å². The molecule has 0 saturated carbocycles. The maximum Gasteiger partial charge on any atom is 0.310 e. The van der Waals surface area contributed by atoms with E-state index in [1.54, 1.807) is 4.68 Å². The van der Waals surface area contributed by atoms with Crippen molar-refractivity contribution in [3.8, 4) is 0 Å². The van der Waals surface area contributed by atoms with Gasteiger partial charge < -0.3 is 15.4 Å². The summed E-state index contributed by atoms with van der Waals surface area (Å²) in [6, 6.07) is 0. The zero-order valence-corrected chi connectivity index (χ0v) is 12.9. The quantitative estimate of drug-likeness (QED) is 0.655. The fraction of sp³-hybridized carbons (Fsp3) is 0.615. The number of ether oxygens (including phenoxy) is 1. The summed E-state index contributed by atoms with van der Waals surface area (Å²) in [7, 11) is 3.29. The third-order valence-electron chi connectivity index (χ3n) is 3.69. The number of carbonyl (C=O) groups is 1. The zero-order valence-electron chi connectivity index (χ0n) is 12.0. The standard InChI is InChI=1S/C13H20N4O2S/c1-8-10(11(14)20)12(16(2)15-8)17-6-4-5-9(7-17)13(18)19-3/h9H,4-7H2,1-3H3,(H2,14,20). The molecule has 20 heavy (non-hydrogen) atoms. The molecule has 0 aromatic carbocycles. The van der Waals surface area contributed by atoms with Crippen LogP contribution in [0.2, 0.25) is 0 Å². The van der Waals surface area contributed by atoms with Crippen molar-refractivity contribution in [2.75, 3.05) is 25.1 Å². The van der Waals surface area contributed by atoms with Crippen molar-refractivity contribution < 1.29 is 9.53 Å². The Labute approximate surface area is 123 Å². The highest BCUT2D eigenvalue weighted by Crippen LogP contribution is 2.28. The number of methoxy groups -OCH3 is 1. The first kappa shape index (κ1) is 14.8. The first-order valence-corrected chi connectivity index (χ1v) is 7.02. The van der Waals surface area contributed by atoms with E-state index in [1.807, 2.05) is 14.0 Å². The molecule has 0 aliphatic carbocycles. The molecule has 2 N–H and O–H groups in total. The number of nitrogens with two attached hydrogens (primary N) is 1. The van der Waals surface area contributed by atoms with Crippen LogP contribution in [0.5, 0.6) is 0 Å². The second-order valence-corrected chi connectivity index (χ2v) is 5.52. The highest BCUT2D eigenvalue weighted by molar-refractivity contribution is 7.80. The molecule has 1 aromatic rings. The molecule has 1 aromatic heterocycles. The van der Waals surface area contributed by atoms with Crippen molar-refractivity contribution in [1.29, 1.82) is 0 Å². The third-order valence-corrected chi connectivity index (χ3v) is 3.90. The van der Waals surface area contributed by atoms with E-state index in [0.29, 0.717) is 11.5 Å². The van der Waals surface area contributed by atoms with E-state index in [1.165, 1.54) is 7.11 Å². The molecule has 1 saturated heterocycles. The summed E-state index contributed by atoms with van der Waals surface area (Å²) < 4.78 is 6.63. The van der Waals surface area contributed by atoms with Crippen molar-refractivity contribution >= 4 is 29.0 Å². The van der Waals surface area contributed by atoms with Gasteiger partial charge in [-0.2, -0.15) is 5.10 Å². The van der Waals surface area contributed by atoms with Gasteiger partial charge in [0.15, 0.2) is 0 Å². The number of aryl methyl sites for hydroxylation is 2. The van der Waals surface area contributed by atoms with Gasteiger partial charge in [-0.25, -0.2) is 0 Å². The van der Waals surface area contributed by atoms with Crippen LogP contribution in [-0.4, -0.2) is 40.9 Å². The van der Waals surface area contributed by atoms with Crippen LogP contribution in [0.25, 0.3) is 0 Å². The third kappa shape index (κ3) is 2.63. The predicted octanol–water partition coefficient (Wildman–Crippen LogP) is 0.752. The summed E-state index contributed by atoms with van der Waals surface area (Å²) in [5.41, 5.74) is 7.43. The monoisotopic (exact) mass is 296 g/mol. The van der Waals surface area contributed by atoms with E-state index in [2.05, 4.69) is 10.00 Å². The summed E-state index contributed by atoms with van der Waals surface area (Å²) in [6.45, 7) is 3.36. The van der Waals surface area contributed by atoms with Gasteiger partial charge in [0.05, 0.1) is 24.3 Å². The smallest absolute Gasteiger partial charge is 0.310 e. The van der Waals surface area contributed by atoms with Crippen molar-refractivity contribution in [2.24, 2.45) is 18.7 Å². The molecule has 1 atom stereocenters. The van der Waals surface area contributed by atoms with Gasteiger partial charge in [-0.05, 0) is 19.8 Å². The van der Waals surface area contributed by atoms with Gasteiger partial charge in [0.1, 0.15) is 10.8 Å². The SMILES string of the molecule is COC(=O)C1CCCN(c2c(C(N)=S)c(C)nn2C)C1. The normalized spacial score (nSPS) is 18.9. The second kappa shape index (κ2) is 5.78. The van der Waals surface area contributed by atoms with Gasteiger partial charge in [0, 0.05) is 20.1 Å². The van der Waals surface area contributed by atoms with E-state index in [-0.39, 0.29) is 11.9 Å². The molecular formula is C13H20N4O2S. The van der Waals surface area contributed by atoms with Gasteiger partial charge in [0.25, 0.3) is 0 Å². The van der Waals surface area contributed by atoms with Crippen LogP contribution >= 0.6 is 12.2 Å². The number of nitrogens with zero attached hydrogens (tertiary/aromatic N) is 3. The van der Waals surface area contributed by atoms with Crippen LogP contribution in [0, 0.1) is 12.8 Å². The number of piperidine rings is 1. The Kier molecular flexibility index (Phi) is 4.27. The highest BCUT2D eigenvalue weighted by Gasteiger charge is 2.30. The molecule has 1 unspecified atom stereocenters. The maximum absolute atomic E-state index is 11.7. The Morgan fingerprint density at radius 3 is 2.85 bits per heavy atom. The maximum atomic E-state index is 11.7. The topological polar surface area (TPSA) is 73.4 Å². The summed E-state index contributed by atoms with van der Waals surface area (Å²) in [6.07, 6.45) is 1.78. The van der Waals surface area contributed by atoms with Crippen molar-refractivity contribution in [3.63, 3.8) is 0 Å². The number of rotatable bonds is 3. The Bertz CT molecular complexity index is 541. The lowest BCUT2D eigenvalue weighted by atomic mass is 9.98. The first-order valence-electron chi connectivity index (χ1n) is 6.61. The van der Waals surface area contributed by atoms with E-state index in [0.717, 1.165) is 36.5 Å². The van der Waals surface area contributed by atoms with E-state index in [4.69, 9.17) is 22.7 Å². The number of anilines is 1. The number of aromatic nitrogens is 2. The molecule has 0 bridgehead atoms. The molecule has 2 rings (SSSR count). The number of hydrogen-bond acceptors (Lipinski definition) is 5. The molecule has 0 amide bonds. The molecule has 110 valence electrons. The minimum atomic E-state index is -0.162. The van der Waals surface area contributed by atoms with Gasteiger partial charge >= 0.3 is 5.97 Å². The number of hydrogen-bond donors (Lipinski definition) is 1. The van der Waals surface area contributed by atoms with E-state index in [9.17, 15) is 4.79 Å². The molecule has 1 aliphatic heterocycles. The van der Waals surface area contributed by atoms with Crippen molar-refractivity contribution in [1.82, 2.24) is 9.78 Å². The van der Waals surface area contributed by atoms with Crippen LogP contribution in [0.15, 0.2) is 0 Å². The molecule has 0 radical (unpaired) electrons. The average Bonchev–Trinajstić information content (AvgIpc) is 2.72. The van der Waals surface area contributed by atoms with Crippen molar-refractivity contribution in [3.05, 3.63) is 11.3 Å². The number of thiocarbonyl (C=S) groups is 1. The lowest BCUT2D eigenvalue weighted by Gasteiger charge is -2.33. The molecule has 6 nitrogen and oxygen atoms in total. The largest absolute Gasteiger partial charge is 0.469 e. The van der Waals surface area contributed by atoms with Crippen LogP contribution in [0.1, 0.15) is 24.1 Å². The van der Waals surface area contributed by atoms with Crippen LogP contribution in [0.4, 0.5) is 5.82 Å². The number of carbonyl (C=O) groups excluding carboxylic acids is 1. The van der Waals surface area contributed by atoms with Gasteiger partial charge in [0.2, 0.25) is 0 Å².